The Balaban J connectivity index is 1.69. The summed E-state index contributed by atoms with van der Waals surface area (Å²) in [5.41, 5.74) is 3.21. The number of carbonyl (C=O) groups excluding carboxylic acids is 1. The fraction of sp³-hybridized carbons (Fsp3) is 0.158. The minimum absolute atomic E-state index is 0.378. The number of benzene rings is 2. The summed E-state index contributed by atoms with van der Waals surface area (Å²) in [4.78, 5) is 17.9. The molecule has 3 rings (SSSR count). The van der Waals surface area contributed by atoms with Crippen molar-refractivity contribution >= 4 is 34.8 Å². The van der Waals surface area contributed by atoms with E-state index in [0.29, 0.717) is 17.3 Å². The molecule has 0 spiro atoms. The third-order valence-electron chi connectivity index (χ3n) is 3.78. The van der Waals surface area contributed by atoms with Crippen LogP contribution < -0.4 is 15.5 Å². The van der Waals surface area contributed by atoms with Crippen LogP contribution >= 0.6 is 0 Å². The standard InChI is InChI=1S/C19H20N6O2/c1-25(2)16-10-8-15(9-11-16)22-19-23-17(12-20-24-19)21-14-6-4-13(5-7-14)18(26)27-3/h4-12H,1-3H3,(H2,21,22,23,24). The summed E-state index contributed by atoms with van der Waals surface area (Å²) < 4.78 is 4.69. The van der Waals surface area contributed by atoms with E-state index in [0.717, 1.165) is 17.1 Å². The lowest BCUT2D eigenvalue weighted by atomic mass is 10.2. The highest BCUT2D eigenvalue weighted by Gasteiger charge is 2.06. The van der Waals surface area contributed by atoms with Crippen LogP contribution in [0.15, 0.2) is 54.7 Å². The van der Waals surface area contributed by atoms with Gasteiger partial charge in [0.1, 0.15) is 0 Å². The van der Waals surface area contributed by atoms with Gasteiger partial charge in [-0.3, -0.25) is 0 Å². The molecule has 0 radical (unpaired) electrons. The molecule has 0 fully saturated rings. The molecule has 1 heterocycles. The Labute approximate surface area is 157 Å². The lowest BCUT2D eigenvalue weighted by molar-refractivity contribution is 0.0601. The van der Waals surface area contributed by atoms with Gasteiger partial charge in [-0.1, -0.05) is 0 Å². The minimum Gasteiger partial charge on any atom is -0.465 e. The highest BCUT2D eigenvalue weighted by molar-refractivity contribution is 5.89. The lowest BCUT2D eigenvalue weighted by Crippen LogP contribution is -2.08. The Morgan fingerprint density at radius 3 is 2.22 bits per heavy atom. The van der Waals surface area contributed by atoms with E-state index < -0.39 is 0 Å². The van der Waals surface area contributed by atoms with Gasteiger partial charge in [0.05, 0.1) is 18.9 Å². The van der Waals surface area contributed by atoms with E-state index in [4.69, 9.17) is 0 Å². The SMILES string of the molecule is COC(=O)c1ccc(Nc2cnnc(Nc3ccc(N(C)C)cc3)n2)cc1. The van der Waals surface area contributed by atoms with Crippen LogP contribution in [0.2, 0.25) is 0 Å². The summed E-state index contributed by atoms with van der Waals surface area (Å²) in [6.07, 6.45) is 1.52. The van der Waals surface area contributed by atoms with Crippen molar-refractivity contribution in [1.29, 1.82) is 0 Å². The monoisotopic (exact) mass is 364 g/mol. The summed E-state index contributed by atoms with van der Waals surface area (Å²) in [6, 6.07) is 14.8. The molecule has 138 valence electrons. The van der Waals surface area contributed by atoms with E-state index in [2.05, 4.69) is 30.6 Å². The first-order valence-corrected chi connectivity index (χ1v) is 8.24. The van der Waals surface area contributed by atoms with Crippen molar-refractivity contribution in [3.8, 4) is 0 Å². The molecule has 0 bridgehead atoms. The van der Waals surface area contributed by atoms with Gasteiger partial charge in [-0.2, -0.15) is 10.1 Å². The fourth-order valence-corrected chi connectivity index (χ4v) is 2.34. The summed E-state index contributed by atoms with van der Waals surface area (Å²) in [6.45, 7) is 0. The zero-order chi connectivity index (χ0) is 19.2. The second-order valence-electron chi connectivity index (χ2n) is 5.93. The van der Waals surface area contributed by atoms with Crippen molar-refractivity contribution in [2.45, 2.75) is 0 Å². The highest BCUT2D eigenvalue weighted by Crippen LogP contribution is 2.20. The first-order chi connectivity index (χ1) is 13.0. The number of nitrogens with zero attached hydrogens (tertiary/aromatic N) is 4. The molecule has 0 aliphatic rings. The molecular weight excluding hydrogens is 344 g/mol. The predicted octanol–water partition coefficient (Wildman–Crippen LogP) is 3.21. The van der Waals surface area contributed by atoms with Gasteiger partial charge < -0.3 is 20.3 Å². The fourth-order valence-electron chi connectivity index (χ4n) is 2.34. The minimum atomic E-state index is -0.378. The summed E-state index contributed by atoms with van der Waals surface area (Å²) in [5.74, 6) is 0.532. The van der Waals surface area contributed by atoms with Crippen LogP contribution in [0.25, 0.3) is 0 Å². The Morgan fingerprint density at radius 1 is 0.963 bits per heavy atom. The molecule has 2 N–H and O–H groups in total. The molecule has 27 heavy (non-hydrogen) atoms. The van der Waals surface area contributed by atoms with E-state index in [1.807, 2.05) is 43.3 Å². The predicted molar refractivity (Wildman–Crippen MR) is 105 cm³/mol. The molecule has 0 aliphatic carbocycles. The Bertz CT molecular complexity index is 910. The molecule has 1 aromatic heterocycles. The number of ether oxygens (including phenoxy) is 1. The zero-order valence-corrected chi connectivity index (χ0v) is 15.3. The average molecular weight is 364 g/mol. The van der Waals surface area contributed by atoms with E-state index >= 15 is 0 Å². The van der Waals surface area contributed by atoms with Gasteiger partial charge in [-0.15, -0.1) is 5.10 Å². The molecule has 0 saturated carbocycles. The van der Waals surface area contributed by atoms with Crippen molar-refractivity contribution in [1.82, 2.24) is 15.2 Å². The number of hydrogen-bond donors (Lipinski definition) is 2. The zero-order valence-electron chi connectivity index (χ0n) is 15.3. The molecule has 0 atom stereocenters. The van der Waals surface area contributed by atoms with Gasteiger partial charge in [-0.05, 0) is 48.5 Å². The van der Waals surface area contributed by atoms with Crippen LogP contribution in [0.3, 0.4) is 0 Å². The van der Waals surface area contributed by atoms with Gasteiger partial charge in [0.15, 0.2) is 5.82 Å². The van der Waals surface area contributed by atoms with Gasteiger partial charge in [0.25, 0.3) is 0 Å². The largest absolute Gasteiger partial charge is 0.465 e. The van der Waals surface area contributed by atoms with Gasteiger partial charge in [-0.25, -0.2) is 4.79 Å². The van der Waals surface area contributed by atoms with Crippen molar-refractivity contribution < 1.29 is 9.53 Å². The molecule has 0 saturated heterocycles. The second kappa shape index (κ2) is 8.13. The third kappa shape index (κ3) is 4.69. The molecular formula is C19H20N6O2. The summed E-state index contributed by atoms with van der Waals surface area (Å²) >= 11 is 0. The van der Waals surface area contributed by atoms with Gasteiger partial charge in [0, 0.05) is 31.2 Å². The van der Waals surface area contributed by atoms with Crippen molar-refractivity contribution in [3.05, 3.63) is 60.3 Å². The number of hydrogen-bond acceptors (Lipinski definition) is 8. The Hall–Kier alpha value is -3.68. The maximum absolute atomic E-state index is 11.5. The van der Waals surface area contributed by atoms with Crippen molar-refractivity contribution in [2.75, 3.05) is 36.7 Å². The number of carbonyl (C=O) groups is 1. The highest BCUT2D eigenvalue weighted by atomic mass is 16.5. The average Bonchev–Trinajstić information content (AvgIpc) is 2.68. The molecule has 8 heteroatoms. The maximum Gasteiger partial charge on any atom is 0.337 e. The number of methoxy groups -OCH3 is 1. The van der Waals surface area contributed by atoms with Crippen LogP contribution in [-0.2, 0) is 4.74 Å². The van der Waals surface area contributed by atoms with E-state index in [1.54, 1.807) is 24.3 Å². The molecule has 0 aliphatic heterocycles. The maximum atomic E-state index is 11.5. The Kier molecular flexibility index (Phi) is 5.46. The quantitative estimate of drug-likeness (QED) is 0.644. The van der Waals surface area contributed by atoms with Crippen LogP contribution in [0.4, 0.5) is 28.8 Å². The first kappa shape index (κ1) is 18.1. The lowest BCUT2D eigenvalue weighted by Gasteiger charge is -2.13. The number of aromatic nitrogens is 3. The molecule has 3 aromatic rings. The number of anilines is 5. The number of esters is 1. The summed E-state index contributed by atoms with van der Waals surface area (Å²) in [7, 11) is 5.33. The first-order valence-electron chi connectivity index (χ1n) is 8.24. The van der Waals surface area contributed by atoms with Crippen LogP contribution in [0.1, 0.15) is 10.4 Å². The van der Waals surface area contributed by atoms with Gasteiger partial charge in [0.2, 0.25) is 5.95 Å². The van der Waals surface area contributed by atoms with Crippen LogP contribution in [-0.4, -0.2) is 42.4 Å². The van der Waals surface area contributed by atoms with Gasteiger partial charge >= 0.3 is 5.97 Å². The van der Waals surface area contributed by atoms with E-state index in [9.17, 15) is 4.79 Å². The molecule has 0 unspecified atom stereocenters. The second-order valence-corrected chi connectivity index (χ2v) is 5.93. The number of rotatable bonds is 6. The van der Waals surface area contributed by atoms with Crippen molar-refractivity contribution in [2.24, 2.45) is 0 Å². The van der Waals surface area contributed by atoms with Crippen LogP contribution in [0.5, 0.6) is 0 Å². The summed E-state index contributed by atoms with van der Waals surface area (Å²) in [5, 5.41) is 14.2. The molecule has 8 nitrogen and oxygen atoms in total. The smallest absolute Gasteiger partial charge is 0.337 e. The van der Waals surface area contributed by atoms with E-state index in [1.165, 1.54) is 13.3 Å². The number of nitrogens with one attached hydrogen (secondary N) is 2. The van der Waals surface area contributed by atoms with Crippen molar-refractivity contribution in [3.63, 3.8) is 0 Å². The Morgan fingerprint density at radius 2 is 1.59 bits per heavy atom. The normalized spacial score (nSPS) is 10.2. The molecule has 2 aromatic carbocycles. The van der Waals surface area contributed by atoms with E-state index in [-0.39, 0.29) is 5.97 Å². The topological polar surface area (TPSA) is 92.3 Å². The third-order valence-corrected chi connectivity index (χ3v) is 3.78. The molecule has 0 amide bonds. The van der Waals surface area contributed by atoms with Crippen LogP contribution in [0, 0.1) is 0 Å².